The summed E-state index contributed by atoms with van der Waals surface area (Å²) in [5.41, 5.74) is 1.81. The molecule has 2 aliphatic rings. The Bertz CT molecular complexity index is 478. The van der Waals surface area contributed by atoms with Crippen LogP contribution in [-0.4, -0.2) is 29.6 Å². The zero-order chi connectivity index (χ0) is 15.1. The van der Waals surface area contributed by atoms with E-state index in [1.54, 1.807) is 0 Å². The van der Waals surface area contributed by atoms with Gasteiger partial charge >= 0.3 is 0 Å². The fourth-order valence-electron chi connectivity index (χ4n) is 4.04. The third kappa shape index (κ3) is 2.76. The van der Waals surface area contributed by atoms with E-state index in [1.165, 1.54) is 24.8 Å². The van der Waals surface area contributed by atoms with Crippen LogP contribution in [0, 0.1) is 5.92 Å². The standard InChI is InChI=1S/C19H30N2/c1-5-17-13-20-19(4,16-9-7-6-8-10-16)14-21(17)18(2,3)15-11-12-15/h6-10,15,17,20H,5,11-14H2,1-4H3. The number of hydrogen-bond donors (Lipinski definition) is 1. The maximum atomic E-state index is 3.83. The summed E-state index contributed by atoms with van der Waals surface area (Å²) in [6, 6.07) is 11.6. The van der Waals surface area contributed by atoms with Gasteiger partial charge in [0.1, 0.15) is 0 Å². The van der Waals surface area contributed by atoms with Crippen molar-refractivity contribution in [3.05, 3.63) is 35.9 Å². The van der Waals surface area contributed by atoms with Crippen molar-refractivity contribution in [2.45, 2.75) is 64.1 Å². The fraction of sp³-hybridized carbons (Fsp3) is 0.684. The van der Waals surface area contributed by atoms with E-state index in [2.05, 4.69) is 68.2 Å². The topological polar surface area (TPSA) is 15.3 Å². The highest BCUT2D eigenvalue weighted by Gasteiger charge is 2.48. The van der Waals surface area contributed by atoms with Crippen molar-refractivity contribution >= 4 is 0 Å². The Morgan fingerprint density at radius 2 is 1.90 bits per heavy atom. The molecule has 0 radical (unpaired) electrons. The van der Waals surface area contributed by atoms with Crippen molar-refractivity contribution in [3.63, 3.8) is 0 Å². The second kappa shape index (κ2) is 5.40. The molecule has 0 spiro atoms. The van der Waals surface area contributed by atoms with Gasteiger partial charge in [0.25, 0.3) is 0 Å². The minimum absolute atomic E-state index is 0.0685. The van der Waals surface area contributed by atoms with Crippen LogP contribution in [-0.2, 0) is 5.54 Å². The maximum Gasteiger partial charge on any atom is 0.0535 e. The number of nitrogens with one attached hydrogen (secondary N) is 1. The molecule has 0 bridgehead atoms. The third-order valence-electron chi connectivity index (χ3n) is 5.85. The van der Waals surface area contributed by atoms with Crippen LogP contribution in [0.4, 0.5) is 0 Å². The molecular weight excluding hydrogens is 256 g/mol. The predicted octanol–water partition coefficient (Wildman–Crippen LogP) is 3.77. The van der Waals surface area contributed by atoms with E-state index < -0.39 is 0 Å². The second-order valence-electron chi connectivity index (χ2n) is 7.70. The van der Waals surface area contributed by atoms with Gasteiger partial charge in [-0.05, 0) is 51.5 Å². The SMILES string of the molecule is CCC1CNC(C)(c2ccccc2)CN1C(C)(C)C1CC1. The van der Waals surface area contributed by atoms with Crippen molar-refractivity contribution in [2.75, 3.05) is 13.1 Å². The lowest BCUT2D eigenvalue weighted by atomic mass is 9.83. The van der Waals surface area contributed by atoms with Crippen LogP contribution in [0.2, 0.25) is 0 Å². The molecule has 1 heterocycles. The Balaban J connectivity index is 1.87. The Kier molecular flexibility index (Phi) is 3.87. The highest BCUT2D eigenvalue weighted by atomic mass is 15.3. The molecule has 2 nitrogen and oxygen atoms in total. The van der Waals surface area contributed by atoms with Crippen molar-refractivity contribution in [2.24, 2.45) is 5.92 Å². The van der Waals surface area contributed by atoms with E-state index in [-0.39, 0.29) is 5.54 Å². The van der Waals surface area contributed by atoms with Gasteiger partial charge in [-0.3, -0.25) is 4.90 Å². The van der Waals surface area contributed by atoms with E-state index in [0.29, 0.717) is 11.6 Å². The Labute approximate surface area is 129 Å². The molecule has 0 amide bonds. The van der Waals surface area contributed by atoms with E-state index in [1.807, 2.05) is 0 Å². The highest BCUT2D eigenvalue weighted by Crippen LogP contribution is 2.45. The van der Waals surface area contributed by atoms with Gasteiger partial charge in [-0.15, -0.1) is 0 Å². The Morgan fingerprint density at radius 3 is 2.48 bits per heavy atom. The van der Waals surface area contributed by atoms with Crippen molar-refractivity contribution < 1.29 is 0 Å². The number of nitrogens with zero attached hydrogens (tertiary/aromatic N) is 1. The maximum absolute atomic E-state index is 3.83. The molecule has 116 valence electrons. The lowest BCUT2D eigenvalue weighted by molar-refractivity contribution is -0.00978. The number of benzene rings is 1. The summed E-state index contributed by atoms with van der Waals surface area (Å²) in [5, 5.41) is 3.83. The predicted molar refractivity (Wildman–Crippen MR) is 89.4 cm³/mol. The van der Waals surface area contributed by atoms with Crippen LogP contribution < -0.4 is 5.32 Å². The van der Waals surface area contributed by atoms with Gasteiger partial charge in [-0.2, -0.15) is 0 Å². The molecule has 1 saturated carbocycles. The van der Waals surface area contributed by atoms with Crippen molar-refractivity contribution in [1.82, 2.24) is 10.2 Å². The van der Waals surface area contributed by atoms with Crippen LogP contribution in [0.15, 0.2) is 30.3 Å². The zero-order valence-electron chi connectivity index (χ0n) is 14.0. The van der Waals surface area contributed by atoms with Gasteiger partial charge in [-0.1, -0.05) is 37.3 Å². The lowest BCUT2D eigenvalue weighted by Gasteiger charge is -2.53. The molecule has 3 rings (SSSR count). The summed E-state index contributed by atoms with van der Waals surface area (Å²) in [6.45, 7) is 11.8. The quantitative estimate of drug-likeness (QED) is 0.906. The summed E-state index contributed by atoms with van der Waals surface area (Å²) in [6.07, 6.45) is 4.05. The first-order valence-electron chi connectivity index (χ1n) is 8.54. The van der Waals surface area contributed by atoms with Crippen LogP contribution in [0.5, 0.6) is 0 Å². The summed E-state index contributed by atoms with van der Waals surface area (Å²) in [5.74, 6) is 0.893. The van der Waals surface area contributed by atoms with Gasteiger partial charge in [-0.25, -0.2) is 0 Å². The summed E-state index contributed by atoms with van der Waals surface area (Å²) >= 11 is 0. The summed E-state index contributed by atoms with van der Waals surface area (Å²) in [4.78, 5) is 2.80. The molecule has 1 aliphatic heterocycles. The molecule has 1 N–H and O–H groups in total. The van der Waals surface area contributed by atoms with Gasteiger partial charge in [0.05, 0.1) is 5.54 Å². The molecule has 1 saturated heterocycles. The molecule has 1 aromatic rings. The Morgan fingerprint density at radius 1 is 1.24 bits per heavy atom. The van der Waals surface area contributed by atoms with E-state index in [4.69, 9.17) is 0 Å². The molecule has 2 heteroatoms. The second-order valence-corrected chi connectivity index (χ2v) is 7.70. The zero-order valence-corrected chi connectivity index (χ0v) is 14.0. The monoisotopic (exact) mass is 286 g/mol. The molecule has 2 fully saturated rings. The largest absolute Gasteiger partial charge is 0.305 e. The average molecular weight is 286 g/mol. The number of rotatable bonds is 4. The number of hydrogen-bond acceptors (Lipinski definition) is 2. The van der Waals surface area contributed by atoms with Crippen LogP contribution in [0.1, 0.15) is 52.5 Å². The molecule has 0 aromatic heterocycles. The first-order valence-corrected chi connectivity index (χ1v) is 8.54. The van der Waals surface area contributed by atoms with Crippen LogP contribution in [0.25, 0.3) is 0 Å². The lowest BCUT2D eigenvalue weighted by Crippen LogP contribution is -2.66. The fourth-order valence-corrected chi connectivity index (χ4v) is 4.04. The van der Waals surface area contributed by atoms with Gasteiger partial charge in [0.2, 0.25) is 0 Å². The van der Waals surface area contributed by atoms with Crippen LogP contribution >= 0.6 is 0 Å². The molecule has 1 aromatic carbocycles. The number of piperazine rings is 1. The van der Waals surface area contributed by atoms with Crippen LogP contribution in [0.3, 0.4) is 0 Å². The third-order valence-corrected chi connectivity index (χ3v) is 5.85. The molecule has 2 atom stereocenters. The molecule has 2 unspecified atom stereocenters. The van der Waals surface area contributed by atoms with Crippen molar-refractivity contribution in [3.8, 4) is 0 Å². The minimum atomic E-state index is 0.0685. The summed E-state index contributed by atoms with van der Waals surface area (Å²) < 4.78 is 0. The molecule has 1 aliphatic carbocycles. The highest BCUT2D eigenvalue weighted by molar-refractivity contribution is 5.25. The van der Waals surface area contributed by atoms with E-state index in [0.717, 1.165) is 19.0 Å². The van der Waals surface area contributed by atoms with E-state index >= 15 is 0 Å². The first kappa shape index (κ1) is 15.1. The van der Waals surface area contributed by atoms with Gasteiger partial charge < -0.3 is 5.32 Å². The minimum Gasteiger partial charge on any atom is -0.305 e. The smallest absolute Gasteiger partial charge is 0.0535 e. The van der Waals surface area contributed by atoms with Gasteiger partial charge in [0, 0.05) is 24.7 Å². The van der Waals surface area contributed by atoms with Crippen molar-refractivity contribution in [1.29, 1.82) is 0 Å². The summed E-state index contributed by atoms with van der Waals surface area (Å²) in [7, 11) is 0. The Hall–Kier alpha value is -0.860. The molecule has 21 heavy (non-hydrogen) atoms. The first-order chi connectivity index (χ1) is 9.97. The average Bonchev–Trinajstić information content (AvgIpc) is 3.33. The normalized spacial score (nSPS) is 31.3. The van der Waals surface area contributed by atoms with Gasteiger partial charge in [0.15, 0.2) is 0 Å². The molecular formula is C19H30N2. The van der Waals surface area contributed by atoms with E-state index in [9.17, 15) is 0 Å².